The zero-order chi connectivity index (χ0) is 18.2. The van der Waals surface area contributed by atoms with Crippen LogP contribution in [0, 0.1) is 6.07 Å². The lowest BCUT2D eigenvalue weighted by atomic mass is 9.79. The Morgan fingerprint density at radius 2 is 1.80 bits per heavy atom. The Labute approximate surface area is 150 Å². The largest absolute Gasteiger partial charge is 0.507 e. The van der Waals surface area contributed by atoms with E-state index in [1.54, 1.807) is 12.1 Å². The van der Waals surface area contributed by atoms with Crippen molar-refractivity contribution in [3.63, 3.8) is 0 Å². The maximum absolute atomic E-state index is 9.95. The molecule has 2 aromatic rings. The Bertz CT molecular complexity index is 724. The summed E-state index contributed by atoms with van der Waals surface area (Å²) in [4.78, 5) is 2.22. The van der Waals surface area contributed by atoms with Crippen LogP contribution in [0.25, 0.3) is 11.3 Å². The summed E-state index contributed by atoms with van der Waals surface area (Å²) < 4.78 is 0. The molecule has 3 rings (SSSR count). The molecule has 1 saturated heterocycles. The first-order valence-electron chi connectivity index (χ1n) is 8.72. The van der Waals surface area contributed by atoms with Crippen LogP contribution in [0.3, 0.4) is 0 Å². The number of nitrogens with one attached hydrogen (secondary N) is 1. The van der Waals surface area contributed by atoms with Crippen LogP contribution in [0.15, 0.2) is 30.3 Å². The van der Waals surface area contributed by atoms with Crippen LogP contribution in [0.2, 0.25) is 0 Å². The number of rotatable bonds is 3. The van der Waals surface area contributed by atoms with Gasteiger partial charge in [-0.15, -0.1) is 10.2 Å². The number of benzene rings is 1. The average Bonchev–Trinajstić information content (AvgIpc) is 2.52. The monoisotopic (exact) mass is 339 g/mol. The fourth-order valence-corrected chi connectivity index (χ4v) is 4.02. The second-order valence-corrected chi connectivity index (χ2v) is 8.29. The van der Waals surface area contributed by atoms with Gasteiger partial charge in [0.15, 0.2) is 5.82 Å². The van der Waals surface area contributed by atoms with Crippen LogP contribution in [-0.2, 0) is 0 Å². The van der Waals surface area contributed by atoms with E-state index in [0.717, 1.165) is 18.7 Å². The third-order valence-corrected chi connectivity index (χ3v) is 4.85. The number of piperidine rings is 1. The minimum atomic E-state index is 0.0837. The van der Waals surface area contributed by atoms with Gasteiger partial charge < -0.3 is 15.3 Å². The van der Waals surface area contributed by atoms with Gasteiger partial charge in [0.1, 0.15) is 5.75 Å². The van der Waals surface area contributed by atoms with Crippen LogP contribution in [0.1, 0.15) is 40.5 Å². The molecule has 0 spiro atoms. The molecule has 0 amide bonds. The summed E-state index contributed by atoms with van der Waals surface area (Å²) in [7, 11) is 2.08. The summed E-state index contributed by atoms with van der Waals surface area (Å²) in [6.07, 6.45) is 2.09. The molecule has 1 radical (unpaired) electrons. The standard InChI is InChI=1S/C20H27N4O/c1-19(2)12-14(13-20(3,4)23-19)24(5)18-11-10-16(21-22-18)15-8-6-7-9-17(15)25/h6,8-11,14,23,25H,12-13H2,1-5H3. The number of nitrogens with zero attached hydrogens (tertiary/aromatic N) is 3. The number of aromatic hydroxyl groups is 1. The molecule has 0 unspecified atom stereocenters. The van der Waals surface area contributed by atoms with Crippen LogP contribution in [0.4, 0.5) is 5.82 Å². The lowest BCUT2D eigenvalue weighted by Crippen LogP contribution is -2.62. The van der Waals surface area contributed by atoms with Crippen molar-refractivity contribution >= 4 is 5.82 Å². The zero-order valence-electron chi connectivity index (χ0n) is 15.7. The molecule has 1 aromatic carbocycles. The molecule has 2 N–H and O–H groups in total. The van der Waals surface area contributed by atoms with Gasteiger partial charge in [-0.2, -0.15) is 0 Å². The fourth-order valence-electron chi connectivity index (χ4n) is 4.02. The molecule has 25 heavy (non-hydrogen) atoms. The summed E-state index contributed by atoms with van der Waals surface area (Å²) in [5, 5.41) is 22.4. The van der Waals surface area contributed by atoms with E-state index in [-0.39, 0.29) is 16.8 Å². The number of aromatic nitrogens is 2. The van der Waals surface area contributed by atoms with E-state index in [1.165, 1.54) is 6.07 Å². The lowest BCUT2D eigenvalue weighted by molar-refractivity contribution is 0.160. The SMILES string of the molecule is CN(c1ccc(-c2cc[c]cc2O)nn1)C1CC(C)(C)NC(C)(C)C1. The first-order chi connectivity index (χ1) is 11.7. The van der Waals surface area contributed by atoms with Crippen molar-refractivity contribution in [1.29, 1.82) is 0 Å². The van der Waals surface area contributed by atoms with E-state index < -0.39 is 0 Å². The second-order valence-electron chi connectivity index (χ2n) is 8.29. The van der Waals surface area contributed by atoms with Crippen molar-refractivity contribution in [2.24, 2.45) is 0 Å². The predicted molar refractivity (Wildman–Crippen MR) is 101 cm³/mol. The van der Waals surface area contributed by atoms with Crippen molar-refractivity contribution in [2.75, 3.05) is 11.9 Å². The number of hydrogen-bond donors (Lipinski definition) is 2. The molecule has 2 heterocycles. The van der Waals surface area contributed by atoms with Gasteiger partial charge in [0.2, 0.25) is 0 Å². The molecule has 0 bridgehead atoms. The lowest BCUT2D eigenvalue weighted by Gasteiger charge is -2.49. The van der Waals surface area contributed by atoms with Crippen molar-refractivity contribution < 1.29 is 5.11 Å². The first kappa shape index (κ1) is 17.7. The fraction of sp³-hybridized carbons (Fsp3) is 0.500. The molecule has 0 aliphatic carbocycles. The van der Waals surface area contributed by atoms with Crippen molar-refractivity contribution in [2.45, 2.75) is 57.7 Å². The highest BCUT2D eigenvalue weighted by atomic mass is 16.3. The van der Waals surface area contributed by atoms with E-state index in [0.29, 0.717) is 17.3 Å². The third kappa shape index (κ3) is 3.93. The Morgan fingerprint density at radius 1 is 1.12 bits per heavy atom. The highest BCUT2D eigenvalue weighted by Gasteiger charge is 2.39. The van der Waals surface area contributed by atoms with Gasteiger partial charge in [-0.3, -0.25) is 0 Å². The number of phenolic OH excluding ortho intramolecular Hbond substituents is 1. The van der Waals surface area contributed by atoms with Crippen LogP contribution in [-0.4, -0.2) is 39.5 Å². The van der Waals surface area contributed by atoms with Gasteiger partial charge >= 0.3 is 0 Å². The average molecular weight is 339 g/mol. The molecular weight excluding hydrogens is 312 g/mol. The van der Waals surface area contributed by atoms with E-state index >= 15 is 0 Å². The highest BCUT2D eigenvalue weighted by molar-refractivity contribution is 5.66. The van der Waals surface area contributed by atoms with Crippen molar-refractivity contribution in [1.82, 2.24) is 15.5 Å². The van der Waals surface area contributed by atoms with Crippen LogP contribution >= 0.6 is 0 Å². The summed E-state index contributed by atoms with van der Waals surface area (Å²) in [5.74, 6) is 1.02. The maximum atomic E-state index is 9.95. The number of hydrogen-bond acceptors (Lipinski definition) is 5. The van der Waals surface area contributed by atoms with Gasteiger partial charge in [0.05, 0.1) is 5.69 Å². The summed E-state index contributed by atoms with van der Waals surface area (Å²) in [5.41, 5.74) is 1.50. The topological polar surface area (TPSA) is 61.3 Å². The Morgan fingerprint density at radius 3 is 2.36 bits per heavy atom. The van der Waals surface area contributed by atoms with Crippen molar-refractivity contribution in [3.8, 4) is 17.0 Å². The van der Waals surface area contributed by atoms with Crippen molar-refractivity contribution in [3.05, 3.63) is 36.4 Å². The molecule has 0 atom stereocenters. The van der Waals surface area contributed by atoms with E-state index in [4.69, 9.17) is 0 Å². The van der Waals surface area contributed by atoms with Gasteiger partial charge in [-0.05, 0) is 70.9 Å². The Kier molecular flexibility index (Phi) is 4.45. The molecule has 5 nitrogen and oxygen atoms in total. The number of anilines is 1. The van der Waals surface area contributed by atoms with Gasteiger partial charge in [0, 0.05) is 29.7 Å². The predicted octanol–water partition coefficient (Wildman–Crippen LogP) is 3.39. The summed E-state index contributed by atoms with van der Waals surface area (Å²) >= 11 is 0. The minimum absolute atomic E-state index is 0.0837. The van der Waals surface area contributed by atoms with E-state index in [1.807, 2.05) is 12.1 Å². The molecule has 1 aromatic heterocycles. The molecule has 0 saturated carbocycles. The van der Waals surface area contributed by atoms with E-state index in [9.17, 15) is 5.11 Å². The third-order valence-electron chi connectivity index (χ3n) is 4.85. The Hall–Kier alpha value is -2.14. The Balaban J connectivity index is 1.81. The van der Waals surface area contributed by atoms with Crippen LogP contribution < -0.4 is 10.2 Å². The molecule has 1 aliphatic rings. The first-order valence-corrected chi connectivity index (χ1v) is 8.72. The second kappa shape index (κ2) is 6.30. The smallest absolute Gasteiger partial charge is 0.151 e. The number of phenols is 1. The quantitative estimate of drug-likeness (QED) is 0.897. The van der Waals surface area contributed by atoms with Crippen LogP contribution in [0.5, 0.6) is 5.75 Å². The molecular formula is C20H27N4O. The van der Waals surface area contributed by atoms with Gasteiger partial charge in [-0.1, -0.05) is 6.07 Å². The summed E-state index contributed by atoms with van der Waals surface area (Å²) in [6, 6.07) is 12.2. The highest BCUT2D eigenvalue weighted by Crippen LogP contribution is 2.33. The molecule has 133 valence electrons. The van der Waals surface area contributed by atoms with E-state index in [2.05, 4.69) is 61.2 Å². The molecule has 1 aliphatic heterocycles. The molecule has 5 heteroatoms. The zero-order valence-corrected chi connectivity index (χ0v) is 15.7. The minimum Gasteiger partial charge on any atom is -0.507 e. The van der Waals surface area contributed by atoms with Gasteiger partial charge in [0.25, 0.3) is 0 Å². The van der Waals surface area contributed by atoms with Gasteiger partial charge in [-0.25, -0.2) is 0 Å². The summed E-state index contributed by atoms with van der Waals surface area (Å²) in [6.45, 7) is 8.99. The molecule has 1 fully saturated rings. The normalized spacial score (nSPS) is 19.6. The maximum Gasteiger partial charge on any atom is 0.151 e.